The van der Waals surface area contributed by atoms with Crippen molar-refractivity contribution in [2.45, 2.75) is 0 Å². The quantitative estimate of drug-likeness (QED) is 0.787. The Morgan fingerprint density at radius 2 is 1.81 bits per heavy atom. The minimum Gasteiger partial charge on any atom is -0.366 e. The number of benzene rings is 2. The van der Waals surface area contributed by atoms with Crippen molar-refractivity contribution in [3.05, 3.63) is 59.7 Å². The van der Waals surface area contributed by atoms with Crippen LogP contribution in [0.3, 0.4) is 0 Å². The van der Waals surface area contributed by atoms with Crippen molar-refractivity contribution in [1.82, 2.24) is 0 Å². The van der Waals surface area contributed by atoms with Crippen molar-refractivity contribution in [1.29, 1.82) is 0 Å². The van der Waals surface area contributed by atoms with Crippen LogP contribution in [-0.2, 0) is 14.8 Å². The van der Waals surface area contributed by atoms with E-state index in [1.165, 1.54) is 24.3 Å². The Morgan fingerprint density at radius 1 is 1.15 bits per heavy atom. The lowest BCUT2D eigenvalue weighted by Gasteiger charge is -2.22. The number of nitrogens with zero attached hydrogens (tertiary/aromatic N) is 1. The van der Waals surface area contributed by atoms with Crippen LogP contribution in [-0.4, -0.2) is 33.0 Å². The van der Waals surface area contributed by atoms with Crippen LogP contribution in [0.5, 0.6) is 0 Å². The Hall–Kier alpha value is -3.01. The third-order valence-corrected chi connectivity index (χ3v) is 4.46. The Labute approximate surface area is 148 Å². The number of carbonyl (C=O) groups excluding carboxylic acids is 2. The normalized spacial score (nSPS) is 11.0. The van der Waals surface area contributed by atoms with E-state index in [0.29, 0.717) is 10.4 Å². The van der Waals surface area contributed by atoms with Crippen molar-refractivity contribution in [3.63, 3.8) is 0 Å². The Balaban J connectivity index is 2.30. The number of halogens is 2. The van der Waals surface area contributed by atoms with E-state index >= 15 is 0 Å². The minimum atomic E-state index is -4.05. The lowest BCUT2D eigenvalue weighted by molar-refractivity contribution is -0.114. The third kappa shape index (κ3) is 4.54. The molecule has 7 nitrogen and oxygen atoms in total. The largest absolute Gasteiger partial charge is 0.366 e. The van der Waals surface area contributed by atoms with Crippen LogP contribution in [0.2, 0.25) is 0 Å². The van der Waals surface area contributed by atoms with Gasteiger partial charge in [0.05, 0.1) is 23.2 Å². The van der Waals surface area contributed by atoms with E-state index in [2.05, 4.69) is 5.32 Å². The summed E-state index contributed by atoms with van der Waals surface area (Å²) in [4.78, 5) is 23.6. The predicted octanol–water partition coefficient (Wildman–Crippen LogP) is 1.47. The lowest BCUT2D eigenvalue weighted by atomic mass is 10.1. The van der Waals surface area contributed by atoms with Crippen LogP contribution >= 0.6 is 0 Å². The van der Waals surface area contributed by atoms with Crippen molar-refractivity contribution in [2.24, 2.45) is 5.73 Å². The topological polar surface area (TPSA) is 110 Å². The van der Waals surface area contributed by atoms with Crippen molar-refractivity contribution < 1.29 is 26.8 Å². The number of amides is 2. The molecule has 0 atom stereocenters. The molecule has 2 aromatic rings. The Morgan fingerprint density at radius 3 is 2.38 bits per heavy atom. The van der Waals surface area contributed by atoms with Gasteiger partial charge >= 0.3 is 0 Å². The van der Waals surface area contributed by atoms with Gasteiger partial charge in [0.2, 0.25) is 15.9 Å². The van der Waals surface area contributed by atoms with Gasteiger partial charge in [-0.05, 0) is 24.3 Å². The Kier molecular flexibility index (Phi) is 5.56. The maximum Gasteiger partial charge on any atom is 0.250 e. The number of nitrogens with two attached hydrogens (primary N) is 1. The van der Waals surface area contributed by atoms with E-state index in [1.54, 1.807) is 0 Å². The fraction of sp³-hybridized carbons (Fsp3) is 0.125. The monoisotopic (exact) mass is 383 g/mol. The van der Waals surface area contributed by atoms with Crippen LogP contribution < -0.4 is 15.4 Å². The number of hydrogen-bond acceptors (Lipinski definition) is 4. The van der Waals surface area contributed by atoms with Crippen LogP contribution in [0.4, 0.5) is 20.2 Å². The van der Waals surface area contributed by atoms with Gasteiger partial charge in [0.1, 0.15) is 18.2 Å². The summed E-state index contributed by atoms with van der Waals surface area (Å²) < 4.78 is 51.4. The summed E-state index contributed by atoms with van der Waals surface area (Å²) in [6, 6.07) is 8.15. The summed E-state index contributed by atoms with van der Waals surface area (Å²) in [6.07, 6.45) is 0.778. The molecule has 0 aliphatic rings. The molecule has 2 aromatic carbocycles. The molecule has 0 heterocycles. The number of para-hydroxylation sites is 1. The van der Waals surface area contributed by atoms with Crippen LogP contribution in [0, 0.1) is 11.6 Å². The standard InChI is InChI=1S/C16H15F2N3O4S/c1-26(24,25)21(14-7-6-10(17)8-12(14)18)9-15(22)20-13-5-3-2-4-11(13)16(19)23/h2-8H,9H2,1H3,(H2,19,23)(H,20,22). The van der Waals surface area contributed by atoms with E-state index in [4.69, 9.17) is 5.73 Å². The van der Waals surface area contributed by atoms with Gasteiger partial charge in [-0.15, -0.1) is 0 Å². The molecular weight excluding hydrogens is 368 g/mol. The molecule has 0 saturated heterocycles. The van der Waals surface area contributed by atoms with E-state index in [-0.39, 0.29) is 11.3 Å². The van der Waals surface area contributed by atoms with Crippen molar-refractivity contribution in [3.8, 4) is 0 Å². The summed E-state index contributed by atoms with van der Waals surface area (Å²) in [7, 11) is -4.05. The number of hydrogen-bond donors (Lipinski definition) is 2. The molecule has 0 unspecified atom stereocenters. The molecule has 0 aliphatic heterocycles. The highest BCUT2D eigenvalue weighted by atomic mass is 32.2. The zero-order valence-electron chi connectivity index (χ0n) is 13.6. The predicted molar refractivity (Wildman–Crippen MR) is 92.1 cm³/mol. The van der Waals surface area contributed by atoms with E-state index < -0.39 is 45.7 Å². The number of sulfonamides is 1. The molecule has 0 radical (unpaired) electrons. The average molecular weight is 383 g/mol. The molecule has 2 rings (SSSR count). The highest BCUT2D eigenvalue weighted by Gasteiger charge is 2.24. The molecular formula is C16H15F2N3O4S. The summed E-state index contributed by atoms with van der Waals surface area (Å²) >= 11 is 0. The molecule has 26 heavy (non-hydrogen) atoms. The fourth-order valence-corrected chi connectivity index (χ4v) is 3.05. The first-order valence-corrected chi connectivity index (χ1v) is 9.06. The van der Waals surface area contributed by atoms with Gasteiger partial charge in [-0.3, -0.25) is 13.9 Å². The third-order valence-electron chi connectivity index (χ3n) is 3.33. The summed E-state index contributed by atoms with van der Waals surface area (Å²) in [5, 5.41) is 2.35. The first kappa shape index (κ1) is 19.3. The van der Waals surface area contributed by atoms with Gasteiger partial charge in [-0.25, -0.2) is 17.2 Å². The molecule has 0 saturated carbocycles. The first-order chi connectivity index (χ1) is 12.1. The second-order valence-corrected chi connectivity index (χ2v) is 7.23. The maximum atomic E-state index is 13.9. The molecule has 0 aliphatic carbocycles. The molecule has 3 N–H and O–H groups in total. The van der Waals surface area contributed by atoms with Crippen molar-refractivity contribution >= 4 is 33.2 Å². The van der Waals surface area contributed by atoms with Crippen LogP contribution in [0.1, 0.15) is 10.4 Å². The van der Waals surface area contributed by atoms with E-state index in [9.17, 15) is 26.8 Å². The van der Waals surface area contributed by atoms with E-state index in [0.717, 1.165) is 18.4 Å². The second-order valence-electron chi connectivity index (χ2n) is 5.32. The average Bonchev–Trinajstić information content (AvgIpc) is 2.52. The summed E-state index contributed by atoms with van der Waals surface area (Å²) in [6.45, 7) is -0.783. The van der Waals surface area contributed by atoms with E-state index in [1.807, 2.05) is 0 Å². The van der Waals surface area contributed by atoms with Gasteiger partial charge in [0.15, 0.2) is 0 Å². The number of rotatable bonds is 6. The van der Waals surface area contributed by atoms with Gasteiger partial charge in [-0.1, -0.05) is 12.1 Å². The van der Waals surface area contributed by atoms with Gasteiger partial charge in [0, 0.05) is 6.07 Å². The zero-order valence-corrected chi connectivity index (χ0v) is 14.4. The van der Waals surface area contributed by atoms with Crippen molar-refractivity contribution in [2.75, 3.05) is 22.4 Å². The molecule has 0 fully saturated rings. The number of primary amides is 1. The number of nitrogens with one attached hydrogen (secondary N) is 1. The minimum absolute atomic E-state index is 0.0275. The highest BCUT2D eigenvalue weighted by molar-refractivity contribution is 7.92. The summed E-state index contributed by atoms with van der Waals surface area (Å²) in [5.74, 6) is -3.65. The highest BCUT2D eigenvalue weighted by Crippen LogP contribution is 2.23. The molecule has 138 valence electrons. The Bertz CT molecular complexity index is 964. The molecule has 0 aromatic heterocycles. The van der Waals surface area contributed by atoms with Gasteiger partial charge < -0.3 is 11.1 Å². The molecule has 0 bridgehead atoms. The van der Waals surface area contributed by atoms with Crippen LogP contribution in [0.25, 0.3) is 0 Å². The van der Waals surface area contributed by atoms with Crippen LogP contribution in [0.15, 0.2) is 42.5 Å². The zero-order chi connectivity index (χ0) is 19.5. The maximum absolute atomic E-state index is 13.9. The first-order valence-electron chi connectivity index (χ1n) is 7.21. The lowest BCUT2D eigenvalue weighted by Crippen LogP contribution is -2.38. The number of anilines is 2. The second kappa shape index (κ2) is 7.48. The van der Waals surface area contributed by atoms with Gasteiger partial charge in [0.25, 0.3) is 5.91 Å². The molecule has 10 heteroatoms. The van der Waals surface area contributed by atoms with Gasteiger partial charge in [-0.2, -0.15) is 0 Å². The smallest absolute Gasteiger partial charge is 0.250 e. The molecule has 2 amide bonds. The SMILES string of the molecule is CS(=O)(=O)N(CC(=O)Nc1ccccc1C(N)=O)c1ccc(F)cc1F. The summed E-state index contributed by atoms with van der Waals surface area (Å²) in [5.41, 5.74) is 4.83. The number of carbonyl (C=O) groups is 2. The molecule has 0 spiro atoms. The fourth-order valence-electron chi connectivity index (χ4n) is 2.19.